The third kappa shape index (κ3) is 4.71. The number of carbonyl (C=O) groups is 1. The molecule has 0 saturated carbocycles. The Balaban J connectivity index is 1.73. The van der Waals surface area contributed by atoms with Crippen LogP contribution in [0.4, 0.5) is 17.2 Å². The number of terminal acetylenes is 1. The van der Waals surface area contributed by atoms with Gasteiger partial charge in [0.1, 0.15) is 17.9 Å². The molecule has 4 rings (SSSR count). The van der Waals surface area contributed by atoms with Crippen LogP contribution in [0.2, 0.25) is 0 Å². The lowest BCUT2D eigenvalue weighted by atomic mass is 10.1. The first-order chi connectivity index (χ1) is 15.5. The van der Waals surface area contributed by atoms with E-state index in [2.05, 4.69) is 21.2 Å². The van der Waals surface area contributed by atoms with Crippen LogP contribution in [0.3, 0.4) is 0 Å². The molecule has 0 spiro atoms. The van der Waals surface area contributed by atoms with Crippen LogP contribution in [0.1, 0.15) is 12.0 Å². The summed E-state index contributed by atoms with van der Waals surface area (Å²) in [5.41, 5.74) is 3.04. The molecule has 162 valence electrons. The fourth-order valence-corrected chi connectivity index (χ4v) is 3.53. The van der Waals surface area contributed by atoms with Crippen molar-refractivity contribution in [2.45, 2.75) is 6.42 Å². The van der Waals surface area contributed by atoms with E-state index in [1.54, 1.807) is 11.0 Å². The molecule has 1 aliphatic rings. The Morgan fingerprint density at radius 1 is 1.31 bits per heavy atom. The Labute approximate surface area is 187 Å². The average Bonchev–Trinajstić information content (AvgIpc) is 3.00. The Morgan fingerprint density at radius 2 is 2.19 bits per heavy atom. The highest BCUT2D eigenvalue weighted by atomic mass is 16.5. The maximum atomic E-state index is 13.0. The van der Waals surface area contributed by atoms with Crippen LogP contribution in [0.5, 0.6) is 5.75 Å². The first-order valence-corrected chi connectivity index (χ1v) is 10.4. The zero-order chi connectivity index (χ0) is 22.5. The number of hydrogen-bond acceptors (Lipinski definition) is 6. The summed E-state index contributed by atoms with van der Waals surface area (Å²) in [5.74, 6) is 3.83. The summed E-state index contributed by atoms with van der Waals surface area (Å²) in [6, 6.07) is 11.3. The maximum Gasteiger partial charge on any atom is 0.250 e. The molecule has 7 nitrogen and oxygen atoms in total. The van der Waals surface area contributed by atoms with Crippen LogP contribution in [-0.2, 0) is 4.79 Å². The van der Waals surface area contributed by atoms with Crippen LogP contribution < -0.4 is 15.0 Å². The number of carbonyl (C=O) groups excluding carboxylic acids is 1. The summed E-state index contributed by atoms with van der Waals surface area (Å²) in [4.78, 5) is 25.6. The number of rotatable bonds is 5. The van der Waals surface area contributed by atoms with Crippen LogP contribution in [-0.4, -0.2) is 54.6 Å². The average molecular weight is 428 g/mol. The number of likely N-dealkylation sites (N-methyl/N-ethyl adjacent to an activating group) is 1. The number of ether oxygens (including phenoxy) is 1. The van der Waals surface area contributed by atoms with Gasteiger partial charge in [0.15, 0.2) is 0 Å². The molecular formula is C25H25N5O2. The fourth-order valence-electron chi connectivity index (χ4n) is 3.53. The Morgan fingerprint density at radius 3 is 3.00 bits per heavy atom. The summed E-state index contributed by atoms with van der Waals surface area (Å²) in [6.07, 6.45) is 11.3. The standard InChI is InChI=1S/C25H25N5O2/c1-4-18-8-5-9-19(14-18)28-25-20-15-22-23(16-21(20)26-17-27-25)32-13-7-12-30(22)24(31)10-6-11-29(2)3/h1,5-6,8-10,14-17H,7,11-13H2,2-3H3,(H,26,27,28)/b10-6+. The third-order valence-electron chi connectivity index (χ3n) is 5.08. The van der Waals surface area contributed by atoms with Crippen LogP contribution in [0, 0.1) is 12.3 Å². The Hall–Kier alpha value is -3.89. The highest BCUT2D eigenvalue weighted by Gasteiger charge is 2.22. The number of anilines is 3. The molecule has 0 radical (unpaired) electrons. The summed E-state index contributed by atoms with van der Waals surface area (Å²) in [7, 11) is 3.92. The van der Waals surface area contributed by atoms with Gasteiger partial charge in [0.2, 0.25) is 0 Å². The van der Waals surface area contributed by atoms with Crippen molar-refractivity contribution in [3.8, 4) is 18.1 Å². The van der Waals surface area contributed by atoms with E-state index in [1.165, 1.54) is 6.33 Å². The molecule has 1 aromatic heterocycles. The lowest BCUT2D eigenvalue weighted by molar-refractivity contribution is -0.114. The van der Waals surface area contributed by atoms with E-state index >= 15 is 0 Å². The molecule has 2 aromatic carbocycles. The second kappa shape index (κ2) is 9.50. The van der Waals surface area contributed by atoms with Gasteiger partial charge in [-0.15, -0.1) is 6.42 Å². The molecule has 0 bridgehead atoms. The van der Waals surface area contributed by atoms with Gasteiger partial charge in [-0.05, 0) is 44.8 Å². The molecule has 2 heterocycles. The summed E-state index contributed by atoms with van der Waals surface area (Å²) < 4.78 is 5.94. The molecule has 7 heteroatoms. The van der Waals surface area contributed by atoms with E-state index in [0.717, 1.165) is 28.6 Å². The zero-order valence-electron chi connectivity index (χ0n) is 18.2. The van der Waals surface area contributed by atoms with Crippen molar-refractivity contribution in [3.63, 3.8) is 0 Å². The first kappa shape index (κ1) is 21.3. The molecule has 0 saturated heterocycles. The van der Waals surface area contributed by atoms with Gasteiger partial charge in [0.25, 0.3) is 5.91 Å². The van der Waals surface area contributed by atoms with Crippen molar-refractivity contribution < 1.29 is 9.53 Å². The maximum absolute atomic E-state index is 13.0. The number of fused-ring (bicyclic) bond motifs is 2. The largest absolute Gasteiger partial charge is 0.491 e. The van der Waals surface area contributed by atoms with Crippen LogP contribution in [0.15, 0.2) is 54.9 Å². The monoisotopic (exact) mass is 427 g/mol. The SMILES string of the molecule is C#Cc1cccc(Nc2ncnc3cc4c(cc23)N(C(=O)/C=C/CN(C)C)CCCO4)c1. The van der Waals surface area contributed by atoms with Crippen molar-refractivity contribution in [2.75, 3.05) is 44.0 Å². The fraction of sp³-hybridized carbons (Fsp3) is 0.240. The molecule has 32 heavy (non-hydrogen) atoms. The third-order valence-corrected chi connectivity index (χ3v) is 5.08. The Bertz CT molecular complexity index is 1210. The Kier molecular flexibility index (Phi) is 6.34. The number of aromatic nitrogens is 2. The minimum absolute atomic E-state index is 0.0777. The molecule has 0 aliphatic carbocycles. The minimum Gasteiger partial charge on any atom is -0.491 e. The molecule has 1 amide bonds. The highest BCUT2D eigenvalue weighted by molar-refractivity contribution is 6.05. The van der Waals surface area contributed by atoms with Crippen molar-refractivity contribution in [1.82, 2.24) is 14.9 Å². The van der Waals surface area contributed by atoms with Gasteiger partial charge in [-0.1, -0.05) is 18.1 Å². The van der Waals surface area contributed by atoms with Gasteiger partial charge in [0.05, 0.1) is 17.8 Å². The lowest BCUT2D eigenvalue weighted by Crippen LogP contribution is -2.30. The van der Waals surface area contributed by atoms with Gasteiger partial charge >= 0.3 is 0 Å². The van der Waals surface area contributed by atoms with Gasteiger partial charge in [-0.25, -0.2) is 9.97 Å². The van der Waals surface area contributed by atoms with E-state index in [-0.39, 0.29) is 5.91 Å². The van der Waals surface area contributed by atoms with E-state index in [0.29, 0.717) is 37.0 Å². The van der Waals surface area contributed by atoms with Gasteiger partial charge in [-0.3, -0.25) is 4.79 Å². The van der Waals surface area contributed by atoms with Crippen LogP contribution >= 0.6 is 0 Å². The number of amides is 1. The number of nitrogens with zero attached hydrogens (tertiary/aromatic N) is 4. The molecular weight excluding hydrogens is 402 g/mol. The topological polar surface area (TPSA) is 70.6 Å². The van der Waals surface area contributed by atoms with E-state index < -0.39 is 0 Å². The smallest absolute Gasteiger partial charge is 0.250 e. The quantitative estimate of drug-likeness (QED) is 0.496. The molecule has 0 fully saturated rings. The first-order valence-electron chi connectivity index (χ1n) is 10.4. The van der Waals surface area contributed by atoms with Crippen molar-refractivity contribution >= 4 is 34.0 Å². The summed E-state index contributed by atoms with van der Waals surface area (Å²) in [6.45, 7) is 1.81. The highest BCUT2D eigenvalue weighted by Crippen LogP contribution is 2.37. The second-order valence-electron chi connectivity index (χ2n) is 7.77. The summed E-state index contributed by atoms with van der Waals surface area (Å²) >= 11 is 0. The van der Waals surface area contributed by atoms with Gasteiger partial charge < -0.3 is 19.9 Å². The molecule has 0 unspecified atom stereocenters. The van der Waals surface area contributed by atoms with Gasteiger partial charge in [0, 0.05) is 41.9 Å². The zero-order valence-corrected chi connectivity index (χ0v) is 18.2. The van der Waals surface area contributed by atoms with Crippen LogP contribution in [0.25, 0.3) is 10.9 Å². The number of nitrogens with one attached hydrogen (secondary N) is 1. The molecule has 0 atom stereocenters. The predicted octanol–water partition coefficient (Wildman–Crippen LogP) is 3.59. The molecule has 1 N–H and O–H groups in total. The summed E-state index contributed by atoms with van der Waals surface area (Å²) in [5, 5.41) is 4.11. The van der Waals surface area contributed by atoms with E-state index in [9.17, 15) is 4.79 Å². The van der Waals surface area contributed by atoms with E-state index in [4.69, 9.17) is 11.2 Å². The van der Waals surface area contributed by atoms with Crippen molar-refractivity contribution in [3.05, 3.63) is 60.4 Å². The number of benzene rings is 2. The predicted molar refractivity (Wildman–Crippen MR) is 127 cm³/mol. The van der Waals surface area contributed by atoms with Crippen molar-refractivity contribution in [2.24, 2.45) is 0 Å². The lowest BCUT2D eigenvalue weighted by Gasteiger charge is -2.21. The molecule has 3 aromatic rings. The normalized spacial score (nSPS) is 13.5. The number of hydrogen-bond donors (Lipinski definition) is 1. The second-order valence-corrected chi connectivity index (χ2v) is 7.77. The molecule has 1 aliphatic heterocycles. The minimum atomic E-state index is -0.0777. The van der Waals surface area contributed by atoms with Crippen molar-refractivity contribution in [1.29, 1.82) is 0 Å². The van der Waals surface area contributed by atoms with E-state index in [1.807, 2.05) is 61.5 Å². The van der Waals surface area contributed by atoms with Gasteiger partial charge in [-0.2, -0.15) is 0 Å².